The smallest absolute Gasteiger partial charge is 0.298 e. The second-order valence-electron chi connectivity index (χ2n) is 5.46. The van der Waals surface area contributed by atoms with E-state index < -0.39 is 8.24 Å². The molecule has 0 saturated carbocycles. The summed E-state index contributed by atoms with van der Waals surface area (Å²) in [6, 6.07) is 9.39. The van der Waals surface area contributed by atoms with E-state index in [9.17, 15) is 4.79 Å². The molecule has 0 bridgehead atoms. The Morgan fingerprint density at radius 2 is 1.74 bits per heavy atom. The van der Waals surface area contributed by atoms with Crippen molar-refractivity contribution in [2.24, 2.45) is 0 Å². The molecule has 0 saturated heterocycles. The van der Waals surface area contributed by atoms with E-state index in [-0.39, 0.29) is 5.56 Å². The Labute approximate surface area is 113 Å². The van der Waals surface area contributed by atoms with E-state index in [1.807, 2.05) is 30.3 Å². The number of aryl methyl sites for hydroxylation is 1. The quantitative estimate of drug-likeness (QED) is 0.870. The number of benzene rings is 1. The molecule has 1 aromatic heterocycles. The first-order valence-electron chi connectivity index (χ1n) is 6.18. The molecule has 2 aromatic rings. The van der Waals surface area contributed by atoms with Crippen LogP contribution in [0.2, 0.25) is 19.6 Å². The van der Waals surface area contributed by atoms with Gasteiger partial charge in [-0.05, 0) is 6.92 Å². The van der Waals surface area contributed by atoms with Crippen LogP contribution < -0.4 is 10.7 Å². The Bertz CT molecular complexity index is 631. The SMILES string of the molecule is Cc1nnc(-c2ccccc2)c(=O)n1N[Si](C)(C)C. The van der Waals surface area contributed by atoms with Crippen LogP contribution in [0.5, 0.6) is 0 Å². The van der Waals surface area contributed by atoms with Crippen molar-refractivity contribution in [3.8, 4) is 11.3 Å². The Balaban J connectivity index is 2.55. The van der Waals surface area contributed by atoms with E-state index in [2.05, 4.69) is 34.9 Å². The molecule has 0 atom stereocenters. The summed E-state index contributed by atoms with van der Waals surface area (Å²) >= 11 is 0. The molecule has 1 aromatic carbocycles. The average Bonchev–Trinajstić information content (AvgIpc) is 2.34. The van der Waals surface area contributed by atoms with Crippen LogP contribution in [0.4, 0.5) is 0 Å². The van der Waals surface area contributed by atoms with Crippen molar-refractivity contribution in [2.45, 2.75) is 26.6 Å². The van der Waals surface area contributed by atoms with Crippen molar-refractivity contribution in [2.75, 3.05) is 5.09 Å². The molecule has 0 spiro atoms. The Kier molecular flexibility index (Phi) is 3.52. The second-order valence-corrected chi connectivity index (χ2v) is 10.2. The zero-order valence-corrected chi connectivity index (χ0v) is 12.6. The van der Waals surface area contributed by atoms with Crippen LogP contribution in [-0.4, -0.2) is 23.1 Å². The van der Waals surface area contributed by atoms with Gasteiger partial charge in [0.05, 0.1) is 0 Å². The van der Waals surface area contributed by atoms with E-state index in [1.54, 1.807) is 6.92 Å². The van der Waals surface area contributed by atoms with E-state index in [4.69, 9.17) is 0 Å². The predicted octanol–water partition coefficient (Wildman–Crippen LogP) is 1.99. The largest absolute Gasteiger partial charge is 0.348 e. The summed E-state index contributed by atoms with van der Waals surface area (Å²) in [6.45, 7) is 8.15. The van der Waals surface area contributed by atoms with Crippen molar-refractivity contribution in [1.82, 2.24) is 14.9 Å². The zero-order chi connectivity index (χ0) is 14.0. The second kappa shape index (κ2) is 4.97. The standard InChI is InChI=1S/C13H18N4OSi/c1-10-14-15-12(11-8-6-5-7-9-11)13(18)17(10)16-19(2,3)4/h5-9,16H,1-4H3. The highest BCUT2D eigenvalue weighted by atomic mass is 28.3. The summed E-state index contributed by atoms with van der Waals surface area (Å²) in [6.07, 6.45) is 0. The molecule has 0 aliphatic rings. The van der Waals surface area contributed by atoms with Gasteiger partial charge in [0.15, 0.2) is 13.9 Å². The van der Waals surface area contributed by atoms with Gasteiger partial charge in [0, 0.05) is 5.56 Å². The first kappa shape index (κ1) is 13.5. The maximum Gasteiger partial charge on any atom is 0.298 e. The molecule has 19 heavy (non-hydrogen) atoms. The molecule has 0 unspecified atom stereocenters. The monoisotopic (exact) mass is 274 g/mol. The summed E-state index contributed by atoms with van der Waals surface area (Å²) in [5.41, 5.74) is 1.00. The molecule has 5 nitrogen and oxygen atoms in total. The van der Waals surface area contributed by atoms with Crippen LogP contribution in [-0.2, 0) is 0 Å². The van der Waals surface area contributed by atoms with Crippen LogP contribution in [0.25, 0.3) is 11.3 Å². The van der Waals surface area contributed by atoms with Gasteiger partial charge in [-0.1, -0.05) is 50.0 Å². The van der Waals surface area contributed by atoms with Gasteiger partial charge < -0.3 is 5.09 Å². The fourth-order valence-electron chi connectivity index (χ4n) is 1.71. The third-order valence-electron chi connectivity index (χ3n) is 2.52. The van der Waals surface area contributed by atoms with Gasteiger partial charge in [0.1, 0.15) is 5.82 Å². The van der Waals surface area contributed by atoms with E-state index in [0.717, 1.165) is 5.56 Å². The first-order valence-corrected chi connectivity index (χ1v) is 9.68. The van der Waals surface area contributed by atoms with Crippen LogP contribution in [0.1, 0.15) is 5.82 Å². The number of rotatable bonds is 3. The maximum atomic E-state index is 12.5. The van der Waals surface area contributed by atoms with Crippen LogP contribution in [0.3, 0.4) is 0 Å². The van der Waals surface area contributed by atoms with Crippen molar-refractivity contribution < 1.29 is 0 Å². The van der Waals surface area contributed by atoms with Crippen LogP contribution >= 0.6 is 0 Å². The molecule has 0 radical (unpaired) electrons. The fourth-order valence-corrected chi connectivity index (χ4v) is 2.64. The third-order valence-corrected chi connectivity index (χ3v) is 3.41. The van der Waals surface area contributed by atoms with E-state index >= 15 is 0 Å². The summed E-state index contributed by atoms with van der Waals surface area (Å²) in [7, 11) is -1.64. The molecule has 6 heteroatoms. The minimum Gasteiger partial charge on any atom is -0.348 e. The maximum absolute atomic E-state index is 12.5. The Morgan fingerprint density at radius 3 is 2.32 bits per heavy atom. The minimum atomic E-state index is -1.64. The molecule has 0 amide bonds. The van der Waals surface area contributed by atoms with Gasteiger partial charge in [-0.2, -0.15) is 0 Å². The third kappa shape index (κ3) is 3.08. The Hall–Kier alpha value is -1.95. The average molecular weight is 274 g/mol. The summed E-state index contributed by atoms with van der Waals surface area (Å²) in [5.74, 6) is 0.576. The van der Waals surface area contributed by atoms with Gasteiger partial charge in [-0.25, -0.2) is 4.68 Å². The summed E-state index contributed by atoms with van der Waals surface area (Å²) in [4.78, 5) is 12.5. The highest BCUT2D eigenvalue weighted by molar-refractivity contribution is 6.77. The Morgan fingerprint density at radius 1 is 1.11 bits per heavy atom. The highest BCUT2D eigenvalue weighted by Gasteiger charge is 2.18. The number of nitrogens with zero attached hydrogens (tertiary/aromatic N) is 3. The van der Waals surface area contributed by atoms with E-state index in [1.165, 1.54) is 4.68 Å². The number of hydrogen-bond donors (Lipinski definition) is 1. The topological polar surface area (TPSA) is 59.8 Å². The molecule has 2 rings (SSSR count). The van der Waals surface area contributed by atoms with Crippen molar-refractivity contribution in [3.63, 3.8) is 0 Å². The number of hydrogen-bond acceptors (Lipinski definition) is 4. The first-order chi connectivity index (χ1) is 8.88. The van der Waals surface area contributed by atoms with Crippen LogP contribution in [0, 0.1) is 6.92 Å². The van der Waals surface area contributed by atoms with Gasteiger partial charge in [0.25, 0.3) is 5.56 Å². The van der Waals surface area contributed by atoms with Crippen molar-refractivity contribution >= 4 is 8.24 Å². The van der Waals surface area contributed by atoms with Gasteiger partial charge in [-0.3, -0.25) is 4.79 Å². The lowest BCUT2D eigenvalue weighted by Gasteiger charge is -2.22. The van der Waals surface area contributed by atoms with Crippen molar-refractivity contribution in [3.05, 3.63) is 46.5 Å². The lowest BCUT2D eigenvalue weighted by atomic mass is 10.2. The molecule has 1 heterocycles. The normalized spacial score (nSPS) is 11.4. The number of nitrogens with one attached hydrogen (secondary N) is 1. The zero-order valence-electron chi connectivity index (χ0n) is 11.6. The van der Waals surface area contributed by atoms with E-state index in [0.29, 0.717) is 11.5 Å². The van der Waals surface area contributed by atoms with Gasteiger partial charge >= 0.3 is 0 Å². The molecular weight excluding hydrogens is 256 g/mol. The molecule has 100 valence electrons. The molecule has 1 N–H and O–H groups in total. The predicted molar refractivity (Wildman–Crippen MR) is 79.2 cm³/mol. The molecule has 0 aliphatic carbocycles. The van der Waals surface area contributed by atoms with Gasteiger partial charge in [0.2, 0.25) is 0 Å². The molecular formula is C13H18N4OSi. The highest BCUT2D eigenvalue weighted by Crippen LogP contribution is 2.11. The molecule has 0 fully saturated rings. The lowest BCUT2D eigenvalue weighted by Crippen LogP contribution is -2.46. The minimum absolute atomic E-state index is 0.152. The molecule has 0 aliphatic heterocycles. The number of aromatic nitrogens is 3. The summed E-state index contributed by atoms with van der Waals surface area (Å²) in [5, 5.41) is 11.4. The lowest BCUT2D eigenvalue weighted by molar-refractivity contribution is 0.764. The van der Waals surface area contributed by atoms with Crippen molar-refractivity contribution in [1.29, 1.82) is 0 Å². The summed E-state index contributed by atoms with van der Waals surface area (Å²) < 4.78 is 1.52. The van der Waals surface area contributed by atoms with Gasteiger partial charge in [-0.15, -0.1) is 10.2 Å². The fraction of sp³-hybridized carbons (Fsp3) is 0.308. The van der Waals surface area contributed by atoms with Crippen LogP contribution in [0.15, 0.2) is 35.1 Å².